The van der Waals surface area contributed by atoms with Crippen molar-refractivity contribution in [1.29, 1.82) is 0 Å². The third-order valence-corrected chi connectivity index (χ3v) is 6.20. The number of hydrogen-bond donors (Lipinski definition) is 1. The van der Waals surface area contributed by atoms with Crippen LogP contribution in [0.1, 0.15) is 43.6 Å². The van der Waals surface area contributed by atoms with Crippen LogP contribution in [0.25, 0.3) is 10.8 Å². The van der Waals surface area contributed by atoms with Crippen molar-refractivity contribution in [3.05, 3.63) is 102 Å². The first-order valence-electron chi connectivity index (χ1n) is 10.2. The quantitative estimate of drug-likeness (QED) is 0.405. The van der Waals surface area contributed by atoms with Gasteiger partial charge in [-0.3, -0.25) is 0 Å². The van der Waals surface area contributed by atoms with Crippen LogP contribution in [0.15, 0.2) is 84.9 Å². The van der Waals surface area contributed by atoms with E-state index in [9.17, 15) is 5.11 Å². The fourth-order valence-electron chi connectivity index (χ4n) is 4.76. The summed E-state index contributed by atoms with van der Waals surface area (Å²) >= 11 is 0. The molecule has 0 amide bonds. The molecule has 0 saturated carbocycles. The van der Waals surface area contributed by atoms with E-state index in [1.165, 1.54) is 33.3 Å². The van der Waals surface area contributed by atoms with E-state index in [4.69, 9.17) is 0 Å². The molecular formula is C27H25NO. The molecule has 144 valence electrons. The van der Waals surface area contributed by atoms with Gasteiger partial charge in [-0.15, -0.1) is 0 Å². The van der Waals surface area contributed by atoms with Crippen molar-refractivity contribution < 1.29 is 5.11 Å². The number of benzene rings is 4. The number of anilines is 3. The molecule has 0 fully saturated rings. The Hall–Kier alpha value is -3.10. The Morgan fingerprint density at radius 2 is 1.52 bits per heavy atom. The Morgan fingerprint density at radius 1 is 0.793 bits per heavy atom. The number of para-hydroxylation sites is 2. The predicted molar refractivity (Wildman–Crippen MR) is 121 cm³/mol. The summed E-state index contributed by atoms with van der Waals surface area (Å²) in [6.45, 7) is 6.45. The fourth-order valence-corrected chi connectivity index (χ4v) is 4.76. The highest BCUT2D eigenvalue weighted by molar-refractivity contribution is 5.98. The van der Waals surface area contributed by atoms with E-state index in [2.05, 4.69) is 104 Å². The lowest BCUT2D eigenvalue weighted by Crippen LogP contribution is -2.30. The maximum absolute atomic E-state index is 10.0. The van der Waals surface area contributed by atoms with Gasteiger partial charge in [-0.25, -0.2) is 0 Å². The topological polar surface area (TPSA) is 23.5 Å². The number of rotatable bonds is 2. The van der Waals surface area contributed by atoms with Gasteiger partial charge in [0.1, 0.15) is 0 Å². The zero-order chi connectivity index (χ0) is 20.2. The highest BCUT2D eigenvalue weighted by Gasteiger charge is 2.37. The maximum Gasteiger partial charge on any atom is 0.0762 e. The Labute approximate surface area is 172 Å². The van der Waals surface area contributed by atoms with Crippen molar-refractivity contribution in [2.75, 3.05) is 4.90 Å². The molecule has 0 bridgehead atoms. The molecule has 5 rings (SSSR count). The van der Waals surface area contributed by atoms with Gasteiger partial charge in [0.15, 0.2) is 0 Å². The SMILES string of the molecule is CC(O)c1ccc2c3c(ccc2c1)N(c1ccccc1)c1ccccc1C3(C)C. The van der Waals surface area contributed by atoms with Crippen LogP contribution in [0, 0.1) is 0 Å². The fraction of sp³-hybridized carbons (Fsp3) is 0.185. The van der Waals surface area contributed by atoms with Gasteiger partial charge in [-0.2, -0.15) is 0 Å². The molecule has 1 heterocycles. The van der Waals surface area contributed by atoms with Gasteiger partial charge in [0.05, 0.1) is 17.5 Å². The highest BCUT2D eigenvalue weighted by Crippen LogP contribution is 2.53. The number of aliphatic hydroxyl groups excluding tert-OH is 1. The largest absolute Gasteiger partial charge is 0.389 e. The van der Waals surface area contributed by atoms with Gasteiger partial charge in [0, 0.05) is 11.1 Å². The van der Waals surface area contributed by atoms with E-state index < -0.39 is 6.10 Å². The lowest BCUT2D eigenvalue weighted by atomic mass is 9.71. The Bertz CT molecular complexity index is 1210. The van der Waals surface area contributed by atoms with Crippen molar-refractivity contribution in [3.8, 4) is 0 Å². The van der Waals surface area contributed by atoms with Crippen LogP contribution in [0.2, 0.25) is 0 Å². The van der Waals surface area contributed by atoms with Crippen LogP contribution in [0.3, 0.4) is 0 Å². The normalized spacial score (nSPS) is 15.7. The average Bonchev–Trinajstić information content (AvgIpc) is 2.74. The molecule has 29 heavy (non-hydrogen) atoms. The summed E-state index contributed by atoms with van der Waals surface area (Å²) in [5.74, 6) is 0. The van der Waals surface area contributed by atoms with Crippen LogP contribution in [0.5, 0.6) is 0 Å². The average molecular weight is 380 g/mol. The molecule has 4 aromatic carbocycles. The second-order valence-electron chi connectivity index (χ2n) is 8.43. The molecule has 2 heteroatoms. The molecule has 1 atom stereocenters. The summed E-state index contributed by atoms with van der Waals surface area (Å²) in [6, 6.07) is 30.0. The van der Waals surface area contributed by atoms with Gasteiger partial charge in [0.2, 0.25) is 0 Å². The van der Waals surface area contributed by atoms with Crippen molar-refractivity contribution in [3.63, 3.8) is 0 Å². The van der Waals surface area contributed by atoms with E-state index in [1.807, 2.05) is 6.92 Å². The third-order valence-electron chi connectivity index (χ3n) is 6.20. The monoisotopic (exact) mass is 379 g/mol. The van der Waals surface area contributed by atoms with Gasteiger partial charge in [-0.05, 0) is 64.7 Å². The lowest BCUT2D eigenvalue weighted by Gasteiger charge is -2.42. The molecule has 0 saturated heterocycles. The summed E-state index contributed by atoms with van der Waals surface area (Å²) < 4.78 is 0. The molecule has 2 nitrogen and oxygen atoms in total. The molecule has 0 aromatic heterocycles. The smallest absolute Gasteiger partial charge is 0.0762 e. The third kappa shape index (κ3) is 2.67. The van der Waals surface area contributed by atoms with Crippen molar-refractivity contribution >= 4 is 27.8 Å². The molecule has 1 N–H and O–H groups in total. The van der Waals surface area contributed by atoms with Crippen molar-refractivity contribution in [1.82, 2.24) is 0 Å². The molecule has 1 aliphatic rings. The van der Waals surface area contributed by atoms with Gasteiger partial charge >= 0.3 is 0 Å². The number of nitrogens with zero attached hydrogens (tertiary/aromatic N) is 1. The molecule has 1 unspecified atom stereocenters. The lowest BCUT2D eigenvalue weighted by molar-refractivity contribution is 0.199. The Balaban J connectivity index is 1.86. The second-order valence-corrected chi connectivity index (χ2v) is 8.43. The minimum Gasteiger partial charge on any atom is -0.389 e. The Morgan fingerprint density at radius 3 is 2.28 bits per heavy atom. The van der Waals surface area contributed by atoms with Gasteiger partial charge < -0.3 is 10.0 Å². The molecule has 4 aromatic rings. The summed E-state index contributed by atoms with van der Waals surface area (Å²) in [5, 5.41) is 12.4. The number of aliphatic hydroxyl groups is 1. The summed E-state index contributed by atoms with van der Waals surface area (Å²) in [6.07, 6.45) is -0.468. The molecular weight excluding hydrogens is 354 g/mol. The van der Waals surface area contributed by atoms with Crippen LogP contribution < -0.4 is 4.90 Å². The first-order chi connectivity index (χ1) is 14.0. The second kappa shape index (κ2) is 6.47. The van der Waals surface area contributed by atoms with Crippen LogP contribution in [-0.4, -0.2) is 5.11 Å². The zero-order valence-corrected chi connectivity index (χ0v) is 17.1. The highest BCUT2D eigenvalue weighted by atomic mass is 16.3. The summed E-state index contributed by atoms with van der Waals surface area (Å²) in [4.78, 5) is 2.37. The first-order valence-corrected chi connectivity index (χ1v) is 10.2. The van der Waals surface area contributed by atoms with Crippen molar-refractivity contribution in [2.24, 2.45) is 0 Å². The minimum absolute atomic E-state index is 0.136. The minimum atomic E-state index is -0.468. The van der Waals surface area contributed by atoms with Crippen LogP contribution in [-0.2, 0) is 5.41 Å². The predicted octanol–water partition coefficient (Wildman–Crippen LogP) is 7.00. The van der Waals surface area contributed by atoms with E-state index in [0.717, 1.165) is 11.3 Å². The zero-order valence-electron chi connectivity index (χ0n) is 17.1. The van der Waals surface area contributed by atoms with Crippen LogP contribution >= 0.6 is 0 Å². The number of fused-ring (bicyclic) bond motifs is 4. The molecule has 0 aliphatic carbocycles. The van der Waals surface area contributed by atoms with E-state index >= 15 is 0 Å². The van der Waals surface area contributed by atoms with Crippen molar-refractivity contribution in [2.45, 2.75) is 32.3 Å². The first kappa shape index (κ1) is 18.0. The number of hydrogen-bond acceptors (Lipinski definition) is 2. The molecule has 0 spiro atoms. The molecule has 1 aliphatic heterocycles. The van der Waals surface area contributed by atoms with E-state index in [0.29, 0.717) is 0 Å². The maximum atomic E-state index is 10.0. The van der Waals surface area contributed by atoms with E-state index in [-0.39, 0.29) is 5.41 Å². The summed E-state index contributed by atoms with van der Waals surface area (Å²) in [5.41, 5.74) is 7.08. The Kier molecular flexibility index (Phi) is 4.01. The summed E-state index contributed by atoms with van der Waals surface area (Å²) in [7, 11) is 0. The van der Waals surface area contributed by atoms with Crippen LogP contribution in [0.4, 0.5) is 17.1 Å². The molecule has 0 radical (unpaired) electrons. The van der Waals surface area contributed by atoms with E-state index in [1.54, 1.807) is 0 Å². The van der Waals surface area contributed by atoms with Gasteiger partial charge in [0.25, 0.3) is 0 Å². The van der Waals surface area contributed by atoms with Gasteiger partial charge in [-0.1, -0.05) is 68.4 Å². The standard InChI is InChI=1S/C27H25NO/c1-18(29)19-13-15-22-20(17-19)14-16-25-26(22)27(2,3)23-11-7-8-12-24(23)28(25)21-9-5-4-6-10-21/h4-18,29H,1-3H3.